The molecule has 0 aliphatic rings. The van der Waals surface area contributed by atoms with Crippen LogP contribution in [0.2, 0.25) is 5.02 Å². The van der Waals surface area contributed by atoms with E-state index in [0.29, 0.717) is 14.8 Å². The molecule has 0 saturated heterocycles. The fourth-order valence-electron chi connectivity index (χ4n) is 0.977. The number of rotatable bonds is 2. The van der Waals surface area contributed by atoms with Crippen molar-refractivity contribution in [3.63, 3.8) is 0 Å². The normalized spacial score (nSPS) is 10.4. The molecule has 0 heterocycles. The monoisotopic (exact) mass is 236 g/mol. The van der Waals surface area contributed by atoms with Crippen molar-refractivity contribution in [2.75, 3.05) is 12.5 Å². The minimum Gasteiger partial charge on any atom is -0.507 e. The van der Waals surface area contributed by atoms with E-state index in [4.69, 9.17) is 11.6 Å². The van der Waals surface area contributed by atoms with Crippen molar-refractivity contribution in [2.45, 2.75) is 9.79 Å². The van der Waals surface area contributed by atoms with Crippen LogP contribution in [-0.4, -0.2) is 22.7 Å². The van der Waals surface area contributed by atoms with E-state index in [9.17, 15) is 10.2 Å². The molecule has 0 fully saturated rings. The zero-order valence-corrected chi connectivity index (χ0v) is 9.56. The lowest BCUT2D eigenvalue weighted by molar-refractivity contribution is 0.434. The van der Waals surface area contributed by atoms with Crippen molar-refractivity contribution < 1.29 is 10.2 Å². The molecular formula is C8H9ClO2S2. The minimum absolute atomic E-state index is 0.0211. The third-order valence-electron chi connectivity index (χ3n) is 1.55. The van der Waals surface area contributed by atoms with Crippen LogP contribution in [0, 0.1) is 0 Å². The van der Waals surface area contributed by atoms with Crippen molar-refractivity contribution in [3.8, 4) is 11.5 Å². The Bertz CT molecular complexity index is 300. The molecule has 2 N–H and O–H groups in total. The Labute approximate surface area is 90.3 Å². The molecule has 0 unspecified atom stereocenters. The minimum atomic E-state index is 0.0211. The predicted molar refractivity (Wildman–Crippen MR) is 58.3 cm³/mol. The topological polar surface area (TPSA) is 40.5 Å². The summed E-state index contributed by atoms with van der Waals surface area (Å²) in [5.41, 5.74) is 0. The summed E-state index contributed by atoms with van der Waals surface area (Å²) in [5, 5.41) is 19.2. The van der Waals surface area contributed by atoms with Crippen LogP contribution in [0.1, 0.15) is 0 Å². The van der Waals surface area contributed by atoms with E-state index in [-0.39, 0.29) is 11.5 Å². The third-order valence-corrected chi connectivity index (χ3v) is 3.79. The van der Waals surface area contributed by atoms with Gasteiger partial charge in [-0.15, -0.1) is 23.5 Å². The maximum Gasteiger partial charge on any atom is 0.134 e. The van der Waals surface area contributed by atoms with Gasteiger partial charge in [0.15, 0.2) is 0 Å². The summed E-state index contributed by atoms with van der Waals surface area (Å²) in [5.74, 6) is 0.0422. The maximum absolute atomic E-state index is 9.42. The smallest absolute Gasteiger partial charge is 0.134 e. The van der Waals surface area contributed by atoms with E-state index in [1.54, 1.807) is 0 Å². The van der Waals surface area contributed by atoms with Crippen LogP contribution in [0.3, 0.4) is 0 Å². The van der Waals surface area contributed by atoms with Crippen molar-refractivity contribution in [1.29, 1.82) is 0 Å². The van der Waals surface area contributed by atoms with Gasteiger partial charge < -0.3 is 10.2 Å². The molecule has 72 valence electrons. The molecule has 13 heavy (non-hydrogen) atoms. The van der Waals surface area contributed by atoms with Crippen LogP contribution in [0.5, 0.6) is 11.5 Å². The SMILES string of the molecule is CSc1c(O)cc(O)c(SC)c1Cl. The summed E-state index contributed by atoms with van der Waals surface area (Å²) >= 11 is 8.67. The maximum atomic E-state index is 9.42. The zero-order chi connectivity index (χ0) is 10.0. The molecular weight excluding hydrogens is 228 g/mol. The molecule has 0 aromatic heterocycles. The second-order valence-electron chi connectivity index (χ2n) is 2.30. The highest BCUT2D eigenvalue weighted by atomic mass is 35.5. The van der Waals surface area contributed by atoms with E-state index in [0.717, 1.165) is 0 Å². The molecule has 0 radical (unpaired) electrons. The summed E-state index contributed by atoms with van der Waals surface area (Å²) in [4.78, 5) is 1.20. The number of hydrogen-bond donors (Lipinski definition) is 2. The van der Waals surface area contributed by atoms with E-state index >= 15 is 0 Å². The van der Waals surface area contributed by atoms with E-state index in [2.05, 4.69) is 0 Å². The van der Waals surface area contributed by atoms with Gasteiger partial charge in [-0.05, 0) is 12.5 Å². The molecule has 0 saturated carbocycles. The first-order valence-electron chi connectivity index (χ1n) is 3.44. The number of hydrogen-bond acceptors (Lipinski definition) is 4. The van der Waals surface area contributed by atoms with Crippen LogP contribution in [0.25, 0.3) is 0 Å². The molecule has 0 amide bonds. The van der Waals surface area contributed by atoms with Gasteiger partial charge in [-0.25, -0.2) is 0 Å². The van der Waals surface area contributed by atoms with Crippen molar-refractivity contribution in [3.05, 3.63) is 11.1 Å². The second-order valence-corrected chi connectivity index (χ2v) is 4.31. The standard InChI is InChI=1S/C8H9ClO2S2/c1-12-7-4(10)3-5(11)8(13-2)6(7)9/h3,10-11H,1-2H3. The largest absolute Gasteiger partial charge is 0.507 e. The average molecular weight is 237 g/mol. The van der Waals surface area contributed by atoms with E-state index in [1.165, 1.54) is 29.6 Å². The molecule has 1 rings (SSSR count). The Morgan fingerprint density at radius 1 is 1.08 bits per heavy atom. The molecule has 0 bridgehead atoms. The van der Waals surface area contributed by atoms with Crippen LogP contribution in [0.4, 0.5) is 0 Å². The van der Waals surface area contributed by atoms with Crippen molar-refractivity contribution in [1.82, 2.24) is 0 Å². The Kier molecular flexibility index (Phi) is 3.64. The number of phenolic OH excluding ortho intramolecular Hbond substituents is 2. The molecule has 0 atom stereocenters. The number of halogens is 1. The Morgan fingerprint density at radius 3 is 1.77 bits per heavy atom. The van der Waals surface area contributed by atoms with Gasteiger partial charge in [0.25, 0.3) is 0 Å². The van der Waals surface area contributed by atoms with Crippen molar-refractivity contribution >= 4 is 35.1 Å². The number of phenols is 2. The third kappa shape index (κ3) is 2.00. The van der Waals surface area contributed by atoms with Gasteiger partial charge >= 0.3 is 0 Å². The van der Waals surface area contributed by atoms with Gasteiger partial charge in [0.2, 0.25) is 0 Å². The Hall–Kier alpha value is -0.190. The fraction of sp³-hybridized carbons (Fsp3) is 0.250. The zero-order valence-electron chi connectivity index (χ0n) is 7.17. The van der Waals surface area contributed by atoms with Gasteiger partial charge in [0.05, 0.1) is 14.8 Å². The van der Waals surface area contributed by atoms with Gasteiger partial charge in [0.1, 0.15) is 11.5 Å². The highest BCUT2D eigenvalue weighted by molar-refractivity contribution is 7.99. The quantitative estimate of drug-likeness (QED) is 0.774. The van der Waals surface area contributed by atoms with Crippen LogP contribution < -0.4 is 0 Å². The number of benzene rings is 1. The van der Waals surface area contributed by atoms with Crippen molar-refractivity contribution in [2.24, 2.45) is 0 Å². The van der Waals surface area contributed by atoms with Crippen LogP contribution in [0.15, 0.2) is 15.9 Å². The lowest BCUT2D eigenvalue weighted by Crippen LogP contribution is -1.81. The highest BCUT2D eigenvalue weighted by Crippen LogP contribution is 2.44. The van der Waals surface area contributed by atoms with Gasteiger partial charge in [-0.2, -0.15) is 0 Å². The van der Waals surface area contributed by atoms with Gasteiger partial charge in [-0.3, -0.25) is 0 Å². The Balaban J connectivity index is 3.39. The first-order valence-corrected chi connectivity index (χ1v) is 6.27. The van der Waals surface area contributed by atoms with Crippen LogP contribution in [-0.2, 0) is 0 Å². The van der Waals surface area contributed by atoms with E-state index in [1.807, 2.05) is 12.5 Å². The fourth-order valence-corrected chi connectivity index (χ4v) is 2.80. The first-order chi connectivity index (χ1) is 6.11. The summed E-state index contributed by atoms with van der Waals surface area (Å²) in [6, 6.07) is 1.31. The molecule has 1 aromatic rings. The predicted octanol–water partition coefficient (Wildman–Crippen LogP) is 3.20. The van der Waals surface area contributed by atoms with Gasteiger partial charge in [0, 0.05) is 6.07 Å². The Morgan fingerprint density at radius 2 is 1.46 bits per heavy atom. The van der Waals surface area contributed by atoms with E-state index < -0.39 is 0 Å². The molecule has 0 aliphatic heterocycles. The van der Waals surface area contributed by atoms with Crippen LogP contribution >= 0.6 is 35.1 Å². The molecule has 0 aliphatic carbocycles. The summed E-state index contributed by atoms with van der Waals surface area (Å²) < 4.78 is 0. The number of aromatic hydroxyl groups is 2. The van der Waals surface area contributed by atoms with Gasteiger partial charge in [-0.1, -0.05) is 11.6 Å². The average Bonchev–Trinajstić information content (AvgIpc) is 2.04. The second kappa shape index (κ2) is 4.35. The highest BCUT2D eigenvalue weighted by Gasteiger charge is 2.14. The molecule has 1 aromatic carbocycles. The molecule has 5 heteroatoms. The molecule has 0 spiro atoms. The summed E-state index contributed by atoms with van der Waals surface area (Å²) in [6.45, 7) is 0. The number of thioether (sulfide) groups is 2. The molecule has 2 nitrogen and oxygen atoms in total. The lowest BCUT2D eigenvalue weighted by Gasteiger charge is -2.09. The summed E-state index contributed by atoms with van der Waals surface area (Å²) in [6.07, 6.45) is 3.64. The lowest BCUT2D eigenvalue weighted by atomic mass is 10.3. The first kappa shape index (κ1) is 10.9. The summed E-state index contributed by atoms with van der Waals surface area (Å²) in [7, 11) is 0.